The van der Waals surface area contributed by atoms with Crippen LogP contribution in [-0.2, 0) is 4.79 Å². The highest BCUT2D eigenvalue weighted by Crippen LogP contribution is 2.29. The van der Waals surface area contributed by atoms with Crippen molar-refractivity contribution in [2.45, 2.75) is 33.1 Å². The van der Waals surface area contributed by atoms with Crippen LogP contribution in [0.15, 0.2) is 52.4 Å². The average molecular weight is 392 g/mol. The van der Waals surface area contributed by atoms with Gasteiger partial charge < -0.3 is 10.2 Å². The van der Waals surface area contributed by atoms with Gasteiger partial charge >= 0.3 is 0 Å². The number of amidine groups is 1. The first-order chi connectivity index (χ1) is 13.6. The van der Waals surface area contributed by atoms with Gasteiger partial charge in [0.15, 0.2) is 5.17 Å². The Morgan fingerprint density at radius 2 is 1.68 bits per heavy atom. The third-order valence-electron chi connectivity index (χ3n) is 5.00. The van der Waals surface area contributed by atoms with Gasteiger partial charge in [-0.2, -0.15) is 0 Å². The first-order valence-corrected chi connectivity index (χ1v) is 10.6. The maximum absolute atomic E-state index is 12.3. The lowest BCUT2D eigenvalue weighted by Gasteiger charge is -2.28. The zero-order valence-electron chi connectivity index (χ0n) is 16.4. The Morgan fingerprint density at radius 3 is 2.36 bits per heavy atom. The van der Waals surface area contributed by atoms with E-state index in [2.05, 4.69) is 59.4 Å². The predicted molar refractivity (Wildman–Crippen MR) is 119 cm³/mol. The smallest absolute Gasteiger partial charge is 0.264 e. The molecule has 28 heavy (non-hydrogen) atoms. The Bertz CT molecular complexity index is 921. The van der Waals surface area contributed by atoms with Crippen LogP contribution in [0.4, 0.5) is 11.4 Å². The van der Waals surface area contributed by atoms with E-state index in [4.69, 9.17) is 0 Å². The summed E-state index contributed by atoms with van der Waals surface area (Å²) in [5.41, 5.74) is 5.50. The fourth-order valence-electron chi connectivity index (χ4n) is 3.70. The molecule has 2 aliphatic heterocycles. The standard InChI is InChI=1S/C23H25N3OS/c1-16-12-17(2)14-19(13-16)24-23-25-22(27)21(28-23)15-18-6-8-20(9-7-18)26-10-4-3-5-11-26/h6-9,12-15H,3-5,10-11H2,1-2H3,(H,24,25,27)/b21-15-. The molecule has 2 fully saturated rings. The molecule has 1 N–H and O–H groups in total. The molecule has 0 unspecified atom stereocenters. The van der Waals surface area contributed by atoms with Crippen LogP contribution in [-0.4, -0.2) is 24.2 Å². The summed E-state index contributed by atoms with van der Waals surface area (Å²) in [6.07, 6.45) is 5.80. The van der Waals surface area contributed by atoms with Crippen molar-refractivity contribution in [3.63, 3.8) is 0 Å². The number of aliphatic imine (C=N–C) groups is 1. The van der Waals surface area contributed by atoms with Gasteiger partial charge in [0.05, 0.1) is 10.6 Å². The third kappa shape index (κ3) is 4.47. The van der Waals surface area contributed by atoms with E-state index in [9.17, 15) is 4.79 Å². The number of nitrogens with zero attached hydrogens (tertiary/aromatic N) is 2. The van der Waals surface area contributed by atoms with E-state index in [1.165, 1.54) is 47.8 Å². The molecule has 0 aromatic heterocycles. The number of benzene rings is 2. The molecule has 2 heterocycles. The Labute approximate surface area is 170 Å². The Morgan fingerprint density at radius 1 is 1.00 bits per heavy atom. The minimum Gasteiger partial charge on any atom is -0.372 e. The molecular weight excluding hydrogens is 366 g/mol. The number of hydrogen-bond acceptors (Lipinski definition) is 4. The number of piperidine rings is 1. The number of nitrogens with one attached hydrogen (secondary N) is 1. The molecule has 0 bridgehead atoms. The van der Waals surface area contributed by atoms with Crippen molar-refractivity contribution in [2.75, 3.05) is 18.0 Å². The van der Waals surface area contributed by atoms with Gasteiger partial charge in [0, 0.05) is 18.8 Å². The van der Waals surface area contributed by atoms with Crippen LogP contribution in [0.1, 0.15) is 36.0 Å². The Balaban J connectivity index is 1.49. The maximum atomic E-state index is 12.3. The molecule has 0 saturated carbocycles. The number of carbonyl (C=O) groups is 1. The fraction of sp³-hybridized carbons (Fsp3) is 0.304. The van der Waals surface area contributed by atoms with Crippen LogP contribution in [0.2, 0.25) is 0 Å². The lowest BCUT2D eigenvalue weighted by molar-refractivity contribution is -0.115. The summed E-state index contributed by atoms with van der Waals surface area (Å²) in [5, 5.41) is 3.50. The molecule has 4 nitrogen and oxygen atoms in total. The molecule has 2 aromatic rings. The van der Waals surface area contributed by atoms with Crippen molar-refractivity contribution in [3.8, 4) is 0 Å². The van der Waals surface area contributed by atoms with Crippen molar-refractivity contribution in [1.82, 2.24) is 5.32 Å². The summed E-state index contributed by atoms with van der Waals surface area (Å²) in [6, 6.07) is 14.6. The number of carbonyl (C=O) groups excluding carboxylic acids is 1. The van der Waals surface area contributed by atoms with Gasteiger partial charge in [-0.15, -0.1) is 0 Å². The summed E-state index contributed by atoms with van der Waals surface area (Å²) < 4.78 is 0. The molecule has 2 aliphatic rings. The predicted octanol–water partition coefficient (Wildman–Crippen LogP) is 5.19. The van der Waals surface area contributed by atoms with Gasteiger partial charge in [-0.05, 0) is 91.9 Å². The fourth-order valence-corrected chi connectivity index (χ4v) is 4.54. The van der Waals surface area contributed by atoms with E-state index in [0.717, 1.165) is 24.3 Å². The van der Waals surface area contributed by atoms with Crippen LogP contribution >= 0.6 is 11.8 Å². The minimum absolute atomic E-state index is 0.0896. The summed E-state index contributed by atoms with van der Waals surface area (Å²) in [4.78, 5) is 20.0. The van der Waals surface area contributed by atoms with Crippen molar-refractivity contribution < 1.29 is 4.79 Å². The SMILES string of the molecule is Cc1cc(C)cc(N=C2NC(=O)/C(=C/c3ccc(N4CCCCC4)cc3)S2)c1. The van der Waals surface area contributed by atoms with Crippen molar-refractivity contribution in [2.24, 2.45) is 4.99 Å². The van der Waals surface area contributed by atoms with Crippen LogP contribution in [0.5, 0.6) is 0 Å². The first kappa shape index (κ1) is 18.8. The zero-order chi connectivity index (χ0) is 19.5. The molecule has 4 rings (SSSR count). The molecule has 0 radical (unpaired) electrons. The largest absolute Gasteiger partial charge is 0.372 e. The Kier molecular flexibility index (Phi) is 5.53. The maximum Gasteiger partial charge on any atom is 0.264 e. The second-order valence-corrected chi connectivity index (χ2v) is 8.50. The summed E-state index contributed by atoms with van der Waals surface area (Å²) in [5.74, 6) is -0.0896. The number of thioether (sulfide) groups is 1. The average Bonchev–Trinajstić information content (AvgIpc) is 3.01. The number of aryl methyl sites for hydroxylation is 2. The van der Waals surface area contributed by atoms with Crippen LogP contribution < -0.4 is 10.2 Å². The van der Waals surface area contributed by atoms with Crippen molar-refractivity contribution in [3.05, 3.63) is 64.1 Å². The zero-order valence-corrected chi connectivity index (χ0v) is 17.2. The number of hydrogen-bond donors (Lipinski definition) is 1. The third-order valence-corrected chi connectivity index (χ3v) is 5.91. The topological polar surface area (TPSA) is 44.7 Å². The highest BCUT2D eigenvalue weighted by atomic mass is 32.2. The highest BCUT2D eigenvalue weighted by Gasteiger charge is 2.23. The molecule has 0 atom stereocenters. The van der Waals surface area contributed by atoms with E-state index in [-0.39, 0.29) is 5.91 Å². The monoisotopic (exact) mass is 391 g/mol. The van der Waals surface area contributed by atoms with E-state index < -0.39 is 0 Å². The van der Waals surface area contributed by atoms with E-state index >= 15 is 0 Å². The number of anilines is 1. The van der Waals surface area contributed by atoms with Gasteiger partial charge in [0.2, 0.25) is 0 Å². The van der Waals surface area contributed by atoms with E-state index in [0.29, 0.717) is 10.1 Å². The second-order valence-electron chi connectivity index (χ2n) is 7.47. The molecule has 0 aliphatic carbocycles. The van der Waals surface area contributed by atoms with Gasteiger partial charge in [0.25, 0.3) is 5.91 Å². The lowest BCUT2D eigenvalue weighted by Crippen LogP contribution is -2.29. The molecular formula is C23H25N3OS. The first-order valence-electron chi connectivity index (χ1n) is 9.80. The molecule has 0 spiro atoms. The molecule has 2 aromatic carbocycles. The molecule has 2 saturated heterocycles. The number of amides is 1. The van der Waals surface area contributed by atoms with E-state index in [1.807, 2.05) is 18.2 Å². The summed E-state index contributed by atoms with van der Waals surface area (Å²) in [7, 11) is 0. The van der Waals surface area contributed by atoms with Crippen molar-refractivity contribution in [1.29, 1.82) is 0 Å². The van der Waals surface area contributed by atoms with Gasteiger partial charge in [-0.3, -0.25) is 4.79 Å². The van der Waals surface area contributed by atoms with Gasteiger partial charge in [0.1, 0.15) is 0 Å². The van der Waals surface area contributed by atoms with Crippen LogP contribution in [0.3, 0.4) is 0 Å². The number of rotatable bonds is 3. The molecule has 5 heteroatoms. The summed E-state index contributed by atoms with van der Waals surface area (Å²) in [6.45, 7) is 6.37. The highest BCUT2D eigenvalue weighted by molar-refractivity contribution is 8.18. The van der Waals surface area contributed by atoms with Gasteiger partial charge in [-0.25, -0.2) is 4.99 Å². The minimum atomic E-state index is -0.0896. The second kappa shape index (κ2) is 8.23. The lowest BCUT2D eigenvalue weighted by atomic mass is 10.1. The van der Waals surface area contributed by atoms with Crippen LogP contribution in [0, 0.1) is 13.8 Å². The van der Waals surface area contributed by atoms with E-state index in [1.54, 1.807) is 0 Å². The normalized spacial score (nSPS) is 20.1. The molecule has 1 amide bonds. The van der Waals surface area contributed by atoms with Crippen molar-refractivity contribution >= 4 is 40.3 Å². The quantitative estimate of drug-likeness (QED) is 0.733. The van der Waals surface area contributed by atoms with Crippen LogP contribution in [0.25, 0.3) is 6.08 Å². The van der Waals surface area contributed by atoms with Gasteiger partial charge in [-0.1, -0.05) is 18.2 Å². The summed E-state index contributed by atoms with van der Waals surface area (Å²) >= 11 is 1.39. The Hall–Kier alpha value is -2.53. The molecule has 144 valence electrons.